The molecule has 3 aliphatic heterocycles. The number of hydrogen-bond donors (Lipinski definition) is 1. The van der Waals surface area contributed by atoms with Crippen LogP contribution in [-0.2, 0) is 4.79 Å². The fraction of sp³-hybridized carbons (Fsp3) is 0.565. The van der Waals surface area contributed by atoms with E-state index in [0.717, 1.165) is 48.5 Å². The van der Waals surface area contributed by atoms with Gasteiger partial charge in [-0.05, 0) is 47.2 Å². The lowest BCUT2D eigenvalue weighted by atomic mass is 9.99. The van der Waals surface area contributed by atoms with Crippen molar-refractivity contribution < 1.29 is 9.59 Å². The number of imide groups is 1. The fourth-order valence-electron chi connectivity index (χ4n) is 4.78. The number of nitrogens with zero attached hydrogens (tertiary/aromatic N) is 8. The number of urea groups is 1. The predicted octanol–water partition coefficient (Wildman–Crippen LogP) is 1.67. The molecule has 3 aliphatic rings. The molecule has 0 saturated carbocycles. The maximum Gasteiger partial charge on any atom is 0.325 e. The first-order chi connectivity index (χ1) is 16.9. The zero-order valence-electron chi connectivity index (χ0n) is 20.2. The Bertz CT molecular complexity index is 1100. The van der Waals surface area contributed by atoms with Gasteiger partial charge in [0.25, 0.3) is 5.91 Å². The number of piperidine rings is 1. The van der Waals surface area contributed by atoms with Crippen molar-refractivity contribution in [1.29, 1.82) is 0 Å². The van der Waals surface area contributed by atoms with E-state index >= 15 is 0 Å². The monoisotopic (exact) mass is 497 g/mol. The van der Waals surface area contributed by atoms with Crippen molar-refractivity contribution >= 4 is 29.7 Å². The molecule has 35 heavy (non-hydrogen) atoms. The van der Waals surface area contributed by atoms with Gasteiger partial charge in [-0.2, -0.15) is 4.68 Å². The highest BCUT2D eigenvalue weighted by atomic mass is 32.2. The SMILES string of the molecule is CC1CCN(C2=NC3C(C(=O)NC(=O)N3C)N2CC(C)CSc2nnnn2-c2ccccc2)CC1. The van der Waals surface area contributed by atoms with E-state index in [1.807, 2.05) is 30.3 Å². The molecule has 2 fully saturated rings. The third kappa shape index (κ3) is 4.71. The molecule has 2 aromatic rings. The maximum atomic E-state index is 12.9. The van der Waals surface area contributed by atoms with Crippen LogP contribution >= 0.6 is 11.8 Å². The number of aliphatic imine (C=N–C) groups is 1. The van der Waals surface area contributed by atoms with Crippen LogP contribution in [0.2, 0.25) is 0 Å². The number of tetrazole rings is 1. The first kappa shape index (κ1) is 23.6. The van der Waals surface area contributed by atoms with Crippen LogP contribution in [0, 0.1) is 11.8 Å². The zero-order valence-corrected chi connectivity index (χ0v) is 21.1. The van der Waals surface area contributed by atoms with Crippen molar-refractivity contribution in [1.82, 2.24) is 40.2 Å². The number of rotatable bonds is 6. The highest BCUT2D eigenvalue weighted by Gasteiger charge is 2.50. The Morgan fingerprint density at radius 1 is 1.17 bits per heavy atom. The minimum Gasteiger partial charge on any atom is -0.343 e. The lowest BCUT2D eigenvalue weighted by molar-refractivity contribution is -0.127. The number of benzene rings is 1. The topological polar surface area (TPSA) is 112 Å². The fourth-order valence-corrected chi connectivity index (χ4v) is 5.68. The number of amides is 3. The van der Waals surface area contributed by atoms with E-state index < -0.39 is 18.2 Å². The molecule has 5 rings (SSSR count). The van der Waals surface area contributed by atoms with Crippen molar-refractivity contribution in [3.8, 4) is 5.69 Å². The molecule has 12 heteroatoms. The van der Waals surface area contributed by atoms with E-state index in [1.54, 1.807) is 23.5 Å². The van der Waals surface area contributed by atoms with Crippen LogP contribution < -0.4 is 5.32 Å². The summed E-state index contributed by atoms with van der Waals surface area (Å²) < 4.78 is 1.74. The first-order valence-corrected chi connectivity index (χ1v) is 13.0. The number of guanidine groups is 1. The maximum absolute atomic E-state index is 12.9. The molecule has 186 valence electrons. The van der Waals surface area contributed by atoms with E-state index in [9.17, 15) is 9.59 Å². The van der Waals surface area contributed by atoms with Gasteiger partial charge < -0.3 is 14.7 Å². The molecule has 1 aromatic heterocycles. The van der Waals surface area contributed by atoms with Gasteiger partial charge in [0.05, 0.1) is 5.69 Å². The van der Waals surface area contributed by atoms with Gasteiger partial charge in [-0.3, -0.25) is 10.1 Å². The van der Waals surface area contributed by atoms with Gasteiger partial charge in [0.1, 0.15) is 0 Å². The first-order valence-electron chi connectivity index (χ1n) is 12.1. The van der Waals surface area contributed by atoms with Crippen LogP contribution in [0.15, 0.2) is 40.5 Å². The summed E-state index contributed by atoms with van der Waals surface area (Å²) >= 11 is 1.59. The van der Waals surface area contributed by atoms with Crippen LogP contribution in [0.3, 0.4) is 0 Å². The summed E-state index contributed by atoms with van der Waals surface area (Å²) in [4.78, 5) is 36.0. The quantitative estimate of drug-likeness (QED) is 0.600. The van der Waals surface area contributed by atoms with Crippen LogP contribution in [0.4, 0.5) is 4.79 Å². The molecule has 3 atom stereocenters. The summed E-state index contributed by atoms with van der Waals surface area (Å²) in [5, 5.41) is 15.4. The highest BCUT2D eigenvalue weighted by molar-refractivity contribution is 7.99. The summed E-state index contributed by atoms with van der Waals surface area (Å²) in [7, 11) is 1.70. The molecule has 3 unspecified atom stereocenters. The van der Waals surface area contributed by atoms with Gasteiger partial charge in [-0.15, -0.1) is 5.10 Å². The summed E-state index contributed by atoms with van der Waals surface area (Å²) in [6, 6.07) is 8.89. The Morgan fingerprint density at radius 2 is 1.91 bits per heavy atom. The van der Waals surface area contributed by atoms with Crippen LogP contribution in [0.1, 0.15) is 26.7 Å². The Balaban J connectivity index is 1.31. The summed E-state index contributed by atoms with van der Waals surface area (Å²) in [6.45, 7) is 6.88. The van der Waals surface area contributed by atoms with E-state index in [2.05, 4.69) is 44.5 Å². The third-order valence-electron chi connectivity index (χ3n) is 6.85. The third-order valence-corrected chi connectivity index (χ3v) is 8.10. The van der Waals surface area contributed by atoms with E-state index in [-0.39, 0.29) is 11.8 Å². The van der Waals surface area contributed by atoms with Crippen molar-refractivity contribution in [3.05, 3.63) is 30.3 Å². The molecule has 0 bridgehead atoms. The molecule has 11 nitrogen and oxygen atoms in total. The number of likely N-dealkylation sites (tertiary alicyclic amines) is 1. The summed E-state index contributed by atoms with van der Waals surface area (Å²) in [6.07, 6.45) is 1.68. The standard InChI is InChI=1S/C23H31N9O2S/c1-15-9-11-30(12-10-15)21-24-19-18(20(33)25-22(34)29(19)3)31(21)13-16(2)14-35-23-26-27-28-32(23)17-7-5-4-6-8-17/h4-8,15-16,18-19H,9-14H2,1-3H3,(H,25,33,34). The lowest BCUT2D eigenvalue weighted by Gasteiger charge is -2.40. The molecule has 0 aliphatic carbocycles. The number of carbonyl (C=O) groups excluding carboxylic acids is 2. The van der Waals surface area contributed by atoms with Crippen LogP contribution in [0.5, 0.6) is 0 Å². The average Bonchev–Trinajstić information content (AvgIpc) is 3.48. The Hall–Kier alpha value is -3.15. The summed E-state index contributed by atoms with van der Waals surface area (Å²) in [5.74, 6) is 2.21. The molecule has 1 aromatic carbocycles. The molecular formula is C23H31N9O2S. The zero-order chi connectivity index (χ0) is 24.5. The number of carbonyl (C=O) groups is 2. The Morgan fingerprint density at radius 3 is 2.66 bits per heavy atom. The molecule has 3 amide bonds. The number of aromatic nitrogens is 4. The van der Waals surface area contributed by atoms with E-state index in [4.69, 9.17) is 4.99 Å². The van der Waals surface area contributed by atoms with Crippen molar-refractivity contribution in [3.63, 3.8) is 0 Å². The van der Waals surface area contributed by atoms with Crippen molar-refractivity contribution in [2.75, 3.05) is 32.4 Å². The van der Waals surface area contributed by atoms with Gasteiger partial charge in [0, 0.05) is 32.4 Å². The number of nitrogens with one attached hydrogen (secondary N) is 1. The number of likely N-dealkylation sites (N-methyl/N-ethyl adjacent to an activating group) is 1. The van der Waals surface area contributed by atoms with Crippen LogP contribution in [0.25, 0.3) is 5.69 Å². The minimum absolute atomic E-state index is 0.212. The van der Waals surface area contributed by atoms with E-state index in [1.165, 1.54) is 4.90 Å². The molecule has 4 heterocycles. The number of hydrogen-bond acceptors (Lipinski definition) is 9. The predicted molar refractivity (Wildman–Crippen MR) is 132 cm³/mol. The van der Waals surface area contributed by atoms with Crippen molar-refractivity contribution in [2.45, 2.75) is 44.1 Å². The second kappa shape index (κ2) is 9.84. The molecule has 0 radical (unpaired) electrons. The summed E-state index contributed by atoms with van der Waals surface area (Å²) in [5.41, 5.74) is 0.912. The van der Waals surface area contributed by atoms with E-state index in [0.29, 0.717) is 12.5 Å². The minimum atomic E-state index is -0.519. The number of para-hydroxylation sites is 1. The largest absolute Gasteiger partial charge is 0.343 e. The van der Waals surface area contributed by atoms with Gasteiger partial charge in [-0.1, -0.05) is 43.8 Å². The van der Waals surface area contributed by atoms with Gasteiger partial charge >= 0.3 is 6.03 Å². The number of thioether (sulfide) groups is 1. The Labute approximate surface area is 208 Å². The normalized spacial score (nSPS) is 23.9. The second-order valence-corrected chi connectivity index (χ2v) is 10.6. The van der Waals surface area contributed by atoms with Crippen LogP contribution in [-0.4, -0.2) is 97.4 Å². The molecule has 1 N–H and O–H groups in total. The van der Waals surface area contributed by atoms with Gasteiger partial charge in [-0.25, -0.2) is 9.79 Å². The molecule has 0 spiro atoms. The average molecular weight is 498 g/mol. The van der Waals surface area contributed by atoms with Gasteiger partial charge in [0.15, 0.2) is 18.2 Å². The molecular weight excluding hydrogens is 466 g/mol. The second-order valence-electron chi connectivity index (χ2n) is 9.64. The highest BCUT2D eigenvalue weighted by Crippen LogP contribution is 2.29. The van der Waals surface area contributed by atoms with Crippen molar-refractivity contribution in [2.24, 2.45) is 16.8 Å². The smallest absolute Gasteiger partial charge is 0.325 e. The Kier molecular flexibility index (Phi) is 6.63. The molecule has 2 saturated heterocycles. The lowest BCUT2D eigenvalue weighted by Crippen LogP contribution is -2.64. The van der Waals surface area contributed by atoms with Gasteiger partial charge in [0.2, 0.25) is 5.16 Å². The number of fused-ring (bicyclic) bond motifs is 1.